The van der Waals surface area contributed by atoms with Crippen LogP contribution < -0.4 is 15.8 Å². The van der Waals surface area contributed by atoms with E-state index in [0.29, 0.717) is 19.7 Å². The van der Waals surface area contributed by atoms with Crippen LogP contribution in [0.3, 0.4) is 0 Å². The maximum atomic E-state index is 13.2. The van der Waals surface area contributed by atoms with Crippen LogP contribution in [0.25, 0.3) is 0 Å². The molecule has 146 valence electrons. The lowest BCUT2D eigenvalue weighted by molar-refractivity contribution is -0.144. The minimum absolute atomic E-state index is 0.0134. The molecule has 0 aromatic heterocycles. The van der Waals surface area contributed by atoms with Gasteiger partial charge in [0.15, 0.2) is 0 Å². The second-order valence-corrected chi connectivity index (χ2v) is 7.99. The highest BCUT2D eigenvalue weighted by Gasteiger charge is 2.39. The number of carbonyl (C=O) groups is 2. The lowest BCUT2D eigenvalue weighted by atomic mass is 9.92. The number of carbonyl (C=O) groups excluding carboxylic acids is 2. The fourth-order valence-corrected chi connectivity index (χ4v) is 4.81. The number of piperidine rings is 1. The number of benzene rings is 1. The van der Waals surface area contributed by atoms with Gasteiger partial charge in [-0.05, 0) is 68.3 Å². The van der Waals surface area contributed by atoms with Crippen LogP contribution in [-0.2, 0) is 16.0 Å². The minimum Gasteiger partial charge on any atom is -0.493 e. The monoisotopic (exact) mass is 371 g/mol. The van der Waals surface area contributed by atoms with E-state index in [9.17, 15) is 9.59 Å². The van der Waals surface area contributed by atoms with Crippen molar-refractivity contribution in [1.29, 1.82) is 0 Å². The quantitative estimate of drug-likeness (QED) is 0.851. The summed E-state index contributed by atoms with van der Waals surface area (Å²) in [5.74, 6) is 1.20. The van der Waals surface area contributed by atoms with Gasteiger partial charge >= 0.3 is 0 Å². The fourth-order valence-electron chi connectivity index (χ4n) is 4.81. The number of rotatable bonds is 4. The number of likely N-dealkylation sites (tertiary alicyclic amines) is 1. The molecule has 1 saturated heterocycles. The molecule has 27 heavy (non-hydrogen) atoms. The summed E-state index contributed by atoms with van der Waals surface area (Å²) in [5, 5.41) is 3.03. The Morgan fingerprint density at radius 1 is 1.19 bits per heavy atom. The third kappa shape index (κ3) is 3.68. The van der Waals surface area contributed by atoms with Gasteiger partial charge in [0, 0.05) is 24.6 Å². The van der Waals surface area contributed by atoms with Gasteiger partial charge in [-0.3, -0.25) is 9.59 Å². The Kier molecular flexibility index (Phi) is 5.34. The number of hydrogen-bond donors (Lipinski definition) is 2. The minimum atomic E-state index is -0.380. The molecule has 4 rings (SSSR count). The molecule has 3 aliphatic rings. The van der Waals surface area contributed by atoms with Gasteiger partial charge in [0.05, 0.1) is 6.61 Å². The van der Waals surface area contributed by atoms with Gasteiger partial charge < -0.3 is 20.7 Å². The van der Waals surface area contributed by atoms with Crippen molar-refractivity contribution < 1.29 is 14.3 Å². The normalized spacial score (nSPS) is 27.1. The molecular formula is C21H29N3O3. The van der Waals surface area contributed by atoms with Crippen LogP contribution in [-0.4, -0.2) is 42.5 Å². The Morgan fingerprint density at radius 3 is 2.93 bits per heavy atom. The first-order chi connectivity index (χ1) is 13.2. The molecule has 2 amide bonds. The fraction of sp³-hybridized carbons (Fsp3) is 0.619. The van der Waals surface area contributed by atoms with Crippen LogP contribution in [0.2, 0.25) is 0 Å². The number of amides is 2. The largest absolute Gasteiger partial charge is 0.493 e. The Morgan fingerprint density at radius 2 is 2.07 bits per heavy atom. The van der Waals surface area contributed by atoms with E-state index in [1.807, 2.05) is 23.1 Å². The zero-order chi connectivity index (χ0) is 18.8. The third-order valence-electron chi connectivity index (χ3n) is 6.32. The van der Waals surface area contributed by atoms with E-state index in [1.54, 1.807) is 0 Å². The van der Waals surface area contributed by atoms with Crippen LogP contribution in [0.1, 0.15) is 44.1 Å². The van der Waals surface area contributed by atoms with Gasteiger partial charge in [0.25, 0.3) is 0 Å². The van der Waals surface area contributed by atoms with E-state index in [4.69, 9.17) is 10.5 Å². The summed E-state index contributed by atoms with van der Waals surface area (Å²) in [6.07, 6.45) is 6.52. The summed E-state index contributed by atoms with van der Waals surface area (Å²) >= 11 is 0. The molecule has 1 aliphatic carbocycles. The summed E-state index contributed by atoms with van der Waals surface area (Å²) < 4.78 is 5.53. The van der Waals surface area contributed by atoms with Crippen molar-refractivity contribution in [2.45, 2.75) is 51.0 Å². The molecule has 3 atom stereocenters. The molecular weight excluding hydrogens is 342 g/mol. The Balaban J connectivity index is 1.46. The molecule has 1 aromatic carbocycles. The number of fused-ring (bicyclic) bond motifs is 1. The standard InChI is InChI=1S/C21H29N3O3/c22-13-15-4-3-5-17(15)21(26)24-10-2-1-6-18(24)20(25)23-16-7-8-19-14(12-16)9-11-27-19/h7-8,12,15,17-18H,1-6,9-11,13,22H2,(H,23,25)/t15-,17-,18?/m1/s1. The van der Waals surface area contributed by atoms with Crippen molar-refractivity contribution in [3.05, 3.63) is 23.8 Å². The van der Waals surface area contributed by atoms with Crippen LogP contribution in [0, 0.1) is 11.8 Å². The summed E-state index contributed by atoms with van der Waals surface area (Å²) in [6.45, 7) is 1.92. The molecule has 2 fully saturated rings. The van der Waals surface area contributed by atoms with Gasteiger partial charge in [-0.2, -0.15) is 0 Å². The smallest absolute Gasteiger partial charge is 0.247 e. The average Bonchev–Trinajstić information content (AvgIpc) is 3.36. The van der Waals surface area contributed by atoms with E-state index in [2.05, 4.69) is 5.32 Å². The lowest BCUT2D eigenvalue weighted by Gasteiger charge is -2.37. The SMILES string of the molecule is NC[C@H]1CCC[C@H]1C(=O)N1CCCCC1C(=O)Nc1ccc2c(c1)CCO2. The second kappa shape index (κ2) is 7.89. The number of ether oxygens (including phenoxy) is 1. The van der Waals surface area contributed by atoms with Crippen LogP contribution in [0.5, 0.6) is 5.75 Å². The third-order valence-corrected chi connectivity index (χ3v) is 6.32. The van der Waals surface area contributed by atoms with Gasteiger partial charge in [0.1, 0.15) is 11.8 Å². The summed E-state index contributed by atoms with van der Waals surface area (Å²) in [5.41, 5.74) is 7.78. The number of nitrogens with two attached hydrogens (primary N) is 1. The molecule has 0 spiro atoms. The first kappa shape index (κ1) is 18.3. The highest BCUT2D eigenvalue weighted by molar-refractivity contribution is 5.97. The van der Waals surface area contributed by atoms with Gasteiger partial charge in [-0.15, -0.1) is 0 Å². The molecule has 3 N–H and O–H groups in total. The van der Waals surface area contributed by atoms with Crippen LogP contribution >= 0.6 is 0 Å². The zero-order valence-electron chi connectivity index (χ0n) is 15.8. The molecule has 0 radical (unpaired) electrons. The van der Waals surface area contributed by atoms with Gasteiger partial charge in [-0.25, -0.2) is 0 Å². The van der Waals surface area contributed by atoms with Crippen molar-refractivity contribution in [2.24, 2.45) is 17.6 Å². The first-order valence-electron chi connectivity index (χ1n) is 10.2. The Hall–Kier alpha value is -2.08. The van der Waals surface area contributed by atoms with E-state index >= 15 is 0 Å². The molecule has 1 saturated carbocycles. The molecule has 6 nitrogen and oxygen atoms in total. The number of anilines is 1. The van der Waals surface area contributed by atoms with Crippen molar-refractivity contribution >= 4 is 17.5 Å². The average molecular weight is 371 g/mol. The van der Waals surface area contributed by atoms with Crippen molar-refractivity contribution in [2.75, 3.05) is 25.0 Å². The van der Waals surface area contributed by atoms with Gasteiger partial charge in [0.2, 0.25) is 11.8 Å². The number of hydrogen-bond acceptors (Lipinski definition) is 4. The zero-order valence-corrected chi connectivity index (χ0v) is 15.8. The maximum Gasteiger partial charge on any atom is 0.247 e. The molecule has 2 heterocycles. The van der Waals surface area contributed by atoms with E-state index in [0.717, 1.165) is 61.9 Å². The summed E-state index contributed by atoms with van der Waals surface area (Å²) in [7, 11) is 0. The molecule has 1 aromatic rings. The predicted octanol–water partition coefficient (Wildman–Crippen LogP) is 2.32. The van der Waals surface area contributed by atoms with Crippen molar-refractivity contribution in [3.63, 3.8) is 0 Å². The second-order valence-electron chi connectivity index (χ2n) is 7.99. The van der Waals surface area contributed by atoms with Crippen molar-refractivity contribution in [3.8, 4) is 5.75 Å². The Bertz CT molecular complexity index is 721. The molecule has 6 heteroatoms. The number of nitrogens with zero attached hydrogens (tertiary/aromatic N) is 1. The maximum absolute atomic E-state index is 13.2. The first-order valence-corrected chi connectivity index (χ1v) is 10.2. The van der Waals surface area contributed by atoms with Crippen LogP contribution in [0.4, 0.5) is 5.69 Å². The summed E-state index contributed by atoms with van der Waals surface area (Å²) in [4.78, 5) is 28.0. The predicted molar refractivity (Wildman–Crippen MR) is 104 cm³/mol. The van der Waals surface area contributed by atoms with Gasteiger partial charge in [-0.1, -0.05) is 6.42 Å². The molecule has 2 aliphatic heterocycles. The molecule has 0 bridgehead atoms. The highest BCUT2D eigenvalue weighted by Crippen LogP contribution is 2.34. The summed E-state index contributed by atoms with van der Waals surface area (Å²) in [6, 6.07) is 5.39. The van der Waals surface area contributed by atoms with Crippen LogP contribution in [0.15, 0.2) is 18.2 Å². The van der Waals surface area contributed by atoms with Crippen molar-refractivity contribution in [1.82, 2.24) is 4.90 Å². The lowest BCUT2D eigenvalue weighted by Crippen LogP contribution is -2.52. The van der Waals surface area contributed by atoms with E-state index in [1.165, 1.54) is 0 Å². The highest BCUT2D eigenvalue weighted by atomic mass is 16.5. The Labute approximate surface area is 160 Å². The topological polar surface area (TPSA) is 84.7 Å². The van der Waals surface area contributed by atoms with E-state index in [-0.39, 0.29) is 29.7 Å². The number of nitrogens with one attached hydrogen (secondary N) is 1. The van der Waals surface area contributed by atoms with E-state index < -0.39 is 0 Å². The molecule has 1 unspecified atom stereocenters.